The SMILES string of the molecule is CCC(N)c1cn(-c2c(C)cccc2F)nn1. The first-order chi connectivity index (χ1) is 8.13. The Hall–Kier alpha value is -1.75. The van der Waals surface area contributed by atoms with Crippen LogP contribution in [0.25, 0.3) is 5.69 Å². The van der Waals surface area contributed by atoms with Gasteiger partial charge in [0.05, 0.1) is 17.9 Å². The maximum Gasteiger partial charge on any atom is 0.149 e. The highest BCUT2D eigenvalue weighted by molar-refractivity contribution is 5.40. The van der Waals surface area contributed by atoms with Gasteiger partial charge in [0.25, 0.3) is 0 Å². The molecule has 0 bridgehead atoms. The summed E-state index contributed by atoms with van der Waals surface area (Å²) in [5.41, 5.74) is 7.77. The smallest absolute Gasteiger partial charge is 0.149 e. The second-order valence-corrected chi connectivity index (χ2v) is 4.01. The standard InChI is InChI=1S/C12H15FN4/c1-3-10(14)11-7-17(16-15-11)12-8(2)5-4-6-9(12)13/h4-7,10H,3,14H2,1-2H3. The zero-order valence-electron chi connectivity index (χ0n) is 9.89. The first-order valence-corrected chi connectivity index (χ1v) is 5.56. The van der Waals surface area contributed by atoms with Crippen molar-refractivity contribution in [1.29, 1.82) is 0 Å². The van der Waals surface area contributed by atoms with Crippen LogP contribution in [-0.4, -0.2) is 15.0 Å². The molecule has 0 amide bonds. The van der Waals surface area contributed by atoms with E-state index in [1.807, 2.05) is 19.9 Å². The molecule has 0 saturated carbocycles. The van der Waals surface area contributed by atoms with Gasteiger partial charge in [0.1, 0.15) is 11.5 Å². The van der Waals surface area contributed by atoms with E-state index >= 15 is 0 Å². The number of halogens is 1. The third-order valence-electron chi connectivity index (χ3n) is 2.75. The Morgan fingerprint density at radius 3 is 2.88 bits per heavy atom. The summed E-state index contributed by atoms with van der Waals surface area (Å²) in [6.45, 7) is 3.80. The van der Waals surface area contributed by atoms with Crippen molar-refractivity contribution in [2.45, 2.75) is 26.3 Å². The summed E-state index contributed by atoms with van der Waals surface area (Å²) < 4.78 is 15.1. The average molecular weight is 234 g/mol. The molecule has 2 rings (SSSR count). The molecule has 17 heavy (non-hydrogen) atoms. The quantitative estimate of drug-likeness (QED) is 0.885. The van der Waals surface area contributed by atoms with E-state index in [0.717, 1.165) is 12.0 Å². The van der Waals surface area contributed by atoms with Gasteiger partial charge in [0, 0.05) is 0 Å². The van der Waals surface area contributed by atoms with Crippen LogP contribution in [0.1, 0.15) is 30.6 Å². The third kappa shape index (κ3) is 2.19. The van der Waals surface area contributed by atoms with E-state index in [4.69, 9.17) is 5.73 Å². The van der Waals surface area contributed by atoms with Crippen molar-refractivity contribution in [3.05, 3.63) is 41.5 Å². The maximum atomic E-state index is 13.7. The zero-order chi connectivity index (χ0) is 12.4. The van der Waals surface area contributed by atoms with Crippen molar-refractivity contribution in [2.24, 2.45) is 5.73 Å². The lowest BCUT2D eigenvalue weighted by atomic mass is 10.2. The first kappa shape index (κ1) is 11.7. The molecule has 0 aliphatic heterocycles. The monoisotopic (exact) mass is 234 g/mol. The van der Waals surface area contributed by atoms with Crippen LogP contribution in [-0.2, 0) is 0 Å². The number of aromatic nitrogens is 3. The van der Waals surface area contributed by atoms with Gasteiger partial charge in [-0.1, -0.05) is 24.3 Å². The summed E-state index contributed by atoms with van der Waals surface area (Å²) in [6, 6.07) is 4.75. The molecule has 0 aliphatic rings. The minimum Gasteiger partial charge on any atom is -0.323 e. The van der Waals surface area contributed by atoms with E-state index in [2.05, 4.69) is 10.3 Å². The van der Waals surface area contributed by atoms with E-state index in [-0.39, 0.29) is 11.9 Å². The lowest BCUT2D eigenvalue weighted by molar-refractivity contribution is 0.605. The largest absolute Gasteiger partial charge is 0.323 e. The van der Waals surface area contributed by atoms with Crippen LogP contribution in [0, 0.1) is 12.7 Å². The highest BCUT2D eigenvalue weighted by atomic mass is 19.1. The predicted octanol–water partition coefficient (Wildman–Crippen LogP) is 2.12. The van der Waals surface area contributed by atoms with E-state index in [0.29, 0.717) is 11.4 Å². The lowest BCUT2D eigenvalue weighted by Crippen LogP contribution is -2.08. The fourth-order valence-corrected chi connectivity index (χ4v) is 1.68. The number of para-hydroxylation sites is 1. The number of rotatable bonds is 3. The molecule has 0 spiro atoms. The Bertz CT molecular complexity index is 501. The molecule has 2 N–H and O–H groups in total. The van der Waals surface area contributed by atoms with Crippen molar-refractivity contribution in [3.8, 4) is 5.69 Å². The van der Waals surface area contributed by atoms with Crippen LogP contribution in [0.3, 0.4) is 0 Å². The van der Waals surface area contributed by atoms with Gasteiger partial charge in [-0.25, -0.2) is 9.07 Å². The van der Waals surface area contributed by atoms with Crippen molar-refractivity contribution < 1.29 is 4.39 Å². The number of hydrogen-bond donors (Lipinski definition) is 1. The highest BCUT2D eigenvalue weighted by Gasteiger charge is 2.13. The molecule has 1 unspecified atom stereocenters. The molecule has 5 heteroatoms. The van der Waals surface area contributed by atoms with Crippen LogP contribution in [0.5, 0.6) is 0 Å². The van der Waals surface area contributed by atoms with Crippen molar-refractivity contribution >= 4 is 0 Å². The van der Waals surface area contributed by atoms with Gasteiger partial charge >= 0.3 is 0 Å². The van der Waals surface area contributed by atoms with Gasteiger partial charge in [0.15, 0.2) is 0 Å². The predicted molar refractivity (Wildman–Crippen MR) is 63.3 cm³/mol. The van der Waals surface area contributed by atoms with Gasteiger partial charge in [-0.3, -0.25) is 0 Å². The first-order valence-electron chi connectivity index (χ1n) is 5.56. The van der Waals surface area contributed by atoms with Gasteiger partial charge < -0.3 is 5.73 Å². The van der Waals surface area contributed by atoms with Gasteiger partial charge in [-0.15, -0.1) is 5.10 Å². The normalized spacial score (nSPS) is 12.7. The molecule has 90 valence electrons. The van der Waals surface area contributed by atoms with Gasteiger partial charge in [-0.2, -0.15) is 0 Å². The van der Waals surface area contributed by atoms with E-state index < -0.39 is 0 Å². The minimum atomic E-state index is -0.313. The molecule has 1 atom stereocenters. The van der Waals surface area contributed by atoms with E-state index in [1.165, 1.54) is 10.7 Å². The summed E-state index contributed by atoms with van der Waals surface area (Å²) in [5.74, 6) is -0.313. The molecular formula is C12H15FN4. The topological polar surface area (TPSA) is 56.7 Å². The second-order valence-electron chi connectivity index (χ2n) is 4.01. The Morgan fingerprint density at radius 2 is 2.24 bits per heavy atom. The van der Waals surface area contributed by atoms with E-state index in [1.54, 1.807) is 12.3 Å². The minimum absolute atomic E-state index is 0.157. The van der Waals surface area contributed by atoms with Crippen LogP contribution >= 0.6 is 0 Å². The number of nitrogens with zero attached hydrogens (tertiary/aromatic N) is 3. The molecule has 0 saturated heterocycles. The second kappa shape index (κ2) is 4.63. The van der Waals surface area contributed by atoms with Crippen molar-refractivity contribution in [1.82, 2.24) is 15.0 Å². The van der Waals surface area contributed by atoms with Crippen LogP contribution < -0.4 is 5.73 Å². The maximum absolute atomic E-state index is 13.7. The number of nitrogens with two attached hydrogens (primary N) is 1. The number of hydrogen-bond acceptors (Lipinski definition) is 3. The average Bonchev–Trinajstić information content (AvgIpc) is 2.77. The Labute approximate surface area is 99.2 Å². The van der Waals surface area contributed by atoms with Gasteiger partial charge in [0.2, 0.25) is 0 Å². The summed E-state index contributed by atoms with van der Waals surface area (Å²) in [7, 11) is 0. The number of aryl methyl sites for hydroxylation is 1. The van der Waals surface area contributed by atoms with E-state index in [9.17, 15) is 4.39 Å². The fraction of sp³-hybridized carbons (Fsp3) is 0.333. The molecular weight excluding hydrogens is 219 g/mol. The summed E-state index contributed by atoms with van der Waals surface area (Å²) in [4.78, 5) is 0. The molecule has 1 aromatic heterocycles. The van der Waals surface area contributed by atoms with Crippen LogP contribution in [0.2, 0.25) is 0 Å². The molecule has 1 heterocycles. The number of benzene rings is 1. The fourth-order valence-electron chi connectivity index (χ4n) is 1.68. The van der Waals surface area contributed by atoms with Crippen molar-refractivity contribution in [2.75, 3.05) is 0 Å². The van der Waals surface area contributed by atoms with Crippen LogP contribution in [0.4, 0.5) is 4.39 Å². The zero-order valence-corrected chi connectivity index (χ0v) is 9.89. The lowest BCUT2D eigenvalue weighted by Gasteiger charge is -2.06. The van der Waals surface area contributed by atoms with Gasteiger partial charge in [-0.05, 0) is 25.0 Å². The molecule has 0 radical (unpaired) electrons. The highest BCUT2D eigenvalue weighted by Crippen LogP contribution is 2.18. The molecule has 0 aliphatic carbocycles. The third-order valence-corrected chi connectivity index (χ3v) is 2.75. The molecule has 4 nitrogen and oxygen atoms in total. The summed E-state index contributed by atoms with van der Waals surface area (Å²) in [6.07, 6.45) is 2.45. The molecule has 1 aromatic carbocycles. The Kier molecular flexibility index (Phi) is 3.19. The van der Waals surface area contributed by atoms with Crippen LogP contribution in [0.15, 0.2) is 24.4 Å². The molecule has 2 aromatic rings. The molecule has 0 fully saturated rings. The van der Waals surface area contributed by atoms with Crippen molar-refractivity contribution in [3.63, 3.8) is 0 Å². The Balaban J connectivity index is 2.44. The summed E-state index contributed by atoms with van der Waals surface area (Å²) in [5, 5.41) is 7.89. The Morgan fingerprint density at radius 1 is 1.47 bits per heavy atom. The summed E-state index contributed by atoms with van der Waals surface area (Å²) >= 11 is 0.